The third kappa shape index (κ3) is 3.94. The first kappa shape index (κ1) is 14.8. The van der Waals surface area contributed by atoms with Gasteiger partial charge in [0, 0.05) is 12.8 Å². The summed E-state index contributed by atoms with van der Waals surface area (Å²) in [4.78, 5) is 12.1. The van der Waals surface area contributed by atoms with Crippen molar-refractivity contribution < 1.29 is 9.53 Å². The number of benzene rings is 2. The Labute approximate surface area is 127 Å². The minimum absolute atomic E-state index is 0.214. The number of methoxy groups -OCH3 is 1. The van der Waals surface area contributed by atoms with Crippen LogP contribution in [0.1, 0.15) is 16.7 Å². The van der Waals surface area contributed by atoms with Crippen molar-refractivity contribution in [2.45, 2.75) is 19.8 Å². The molecule has 0 aliphatic rings. The molecule has 0 aromatic heterocycles. The van der Waals surface area contributed by atoms with Crippen molar-refractivity contribution in [3.63, 3.8) is 0 Å². The van der Waals surface area contributed by atoms with Crippen LogP contribution in [0.3, 0.4) is 0 Å². The molecule has 0 radical (unpaired) electrons. The van der Waals surface area contributed by atoms with Gasteiger partial charge in [0.05, 0.1) is 11.6 Å². The van der Waals surface area contributed by atoms with Crippen molar-refractivity contribution in [2.24, 2.45) is 0 Å². The lowest BCUT2D eigenvalue weighted by molar-refractivity contribution is -0.117. The zero-order valence-corrected chi connectivity index (χ0v) is 13.2. The average molecular weight is 333 g/mol. The summed E-state index contributed by atoms with van der Waals surface area (Å²) >= 11 is 3.44. The molecule has 0 aliphatic carbocycles. The van der Waals surface area contributed by atoms with Gasteiger partial charge >= 0.3 is 0 Å². The molecule has 3 heteroatoms. The van der Waals surface area contributed by atoms with E-state index >= 15 is 0 Å². The standard InChI is InChI=1S/C17H17BrO2/c1-12-3-5-13(6-4-12)9-15(19)10-14-7-8-17(20-2)16(18)11-14/h3-8,11H,9-10H2,1-2H3. The molecule has 20 heavy (non-hydrogen) atoms. The molecule has 0 N–H and O–H groups in total. The Bertz CT molecular complexity index is 603. The fraction of sp³-hybridized carbons (Fsp3) is 0.235. The highest BCUT2D eigenvalue weighted by Gasteiger charge is 2.07. The normalized spacial score (nSPS) is 10.3. The Kier molecular flexibility index (Phi) is 4.96. The van der Waals surface area contributed by atoms with Crippen molar-refractivity contribution in [1.82, 2.24) is 0 Å². The van der Waals surface area contributed by atoms with Crippen LogP contribution in [-0.2, 0) is 17.6 Å². The summed E-state index contributed by atoms with van der Waals surface area (Å²) in [7, 11) is 1.63. The summed E-state index contributed by atoms with van der Waals surface area (Å²) in [5.41, 5.74) is 3.27. The van der Waals surface area contributed by atoms with Gasteiger partial charge in [-0.2, -0.15) is 0 Å². The molecule has 0 atom stereocenters. The van der Waals surface area contributed by atoms with Crippen LogP contribution in [-0.4, -0.2) is 12.9 Å². The molecule has 0 saturated carbocycles. The third-order valence-electron chi connectivity index (χ3n) is 3.14. The van der Waals surface area contributed by atoms with Gasteiger partial charge in [-0.05, 0) is 46.1 Å². The number of hydrogen-bond acceptors (Lipinski definition) is 2. The molecule has 0 aliphatic heterocycles. The predicted octanol–water partition coefficient (Wildman–Crippen LogP) is 4.12. The van der Waals surface area contributed by atoms with Crippen LogP contribution >= 0.6 is 15.9 Å². The number of ketones is 1. The van der Waals surface area contributed by atoms with E-state index in [0.717, 1.165) is 21.3 Å². The summed E-state index contributed by atoms with van der Waals surface area (Å²) in [6, 6.07) is 13.8. The maximum Gasteiger partial charge on any atom is 0.141 e. The summed E-state index contributed by atoms with van der Waals surface area (Å²) < 4.78 is 6.06. The zero-order valence-electron chi connectivity index (χ0n) is 11.7. The van der Waals surface area contributed by atoms with Gasteiger partial charge in [0.2, 0.25) is 0 Å². The number of carbonyl (C=O) groups is 1. The maximum atomic E-state index is 12.1. The van der Waals surface area contributed by atoms with Crippen LogP contribution in [0.4, 0.5) is 0 Å². The zero-order chi connectivity index (χ0) is 14.5. The summed E-state index contributed by atoms with van der Waals surface area (Å²) in [5, 5.41) is 0. The highest BCUT2D eigenvalue weighted by atomic mass is 79.9. The van der Waals surface area contributed by atoms with Gasteiger partial charge < -0.3 is 4.74 Å². The van der Waals surface area contributed by atoms with Crippen molar-refractivity contribution in [3.05, 3.63) is 63.6 Å². The van der Waals surface area contributed by atoms with Gasteiger partial charge in [-0.1, -0.05) is 35.9 Å². The van der Waals surface area contributed by atoms with E-state index in [1.807, 2.05) is 49.4 Å². The molecule has 0 amide bonds. The van der Waals surface area contributed by atoms with Gasteiger partial charge in [0.25, 0.3) is 0 Å². The molecule has 0 saturated heterocycles. The molecule has 0 spiro atoms. The number of rotatable bonds is 5. The van der Waals surface area contributed by atoms with Gasteiger partial charge in [0.1, 0.15) is 11.5 Å². The number of Topliss-reactive ketones (excluding diaryl/α,β-unsaturated/α-hetero) is 1. The number of halogens is 1. The summed E-state index contributed by atoms with van der Waals surface area (Å²) in [6.07, 6.45) is 0.917. The molecule has 2 aromatic carbocycles. The van der Waals surface area contributed by atoms with Crippen molar-refractivity contribution in [2.75, 3.05) is 7.11 Å². The fourth-order valence-corrected chi connectivity index (χ4v) is 2.63. The van der Waals surface area contributed by atoms with E-state index in [1.54, 1.807) is 7.11 Å². The van der Waals surface area contributed by atoms with Gasteiger partial charge in [-0.15, -0.1) is 0 Å². The maximum absolute atomic E-state index is 12.1. The number of ether oxygens (including phenoxy) is 1. The molecule has 2 nitrogen and oxygen atoms in total. The average Bonchev–Trinajstić information content (AvgIpc) is 2.41. The fourth-order valence-electron chi connectivity index (χ4n) is 2.04. The van der Waals surface area contributed by atoms with E-state index in [9.17, 15) is 4.79 Å². The van der Waals surface area contributed by atoms with Crippen molar-refractivity contribution in [3.8, 4) is 5.75 Å². The Morgan fingerprint density at radius 3 is 2.25 bits per heavy atom. The smallest absolute Gasteiger partial charge is 0.141 e. The number of carbonyl (C=O) groups excluding carboxylic acids is 1. The Balaban J connectivity index is 2.01. The molecule has 0 bridgehead atoms. The topological polar surface area (TPSA) is 26.3 Å². The highest BCUT2D eigenvalue weighted by molar-refractivity contribution is 9.10. The Hall–Kier alpha value is -1.61. The number of hydrogen-bond donors (Lipinski definition) is 0. The molecule has 0 unspecified atom stereocenters. The second-order valence-corrected chi connectivity index (χ2v) is 5.70. The predicted molar refractivity (Wildman–Crippen MR) is 84.3 cm³/mol. The van der Waals surface area contributed by atoms with Crippen LogP contribution in [0.25, 0.3) is 0 Å². The molecule has 104 valence electrons. The quantitative estimate of drug-likeness (QED) is 0.823. The van der Waals surface area contributed by atoms with Gasteiger partial charge in [0.15, 0.2) is 0 Å². The van der Waals surface area contributed by atoms with E-state index in [4.69, 9.17) is 4.74 Å². The van der Waals surface area contributed by atoms with Crippen molar-refractivity contribution in [1.29, 1.82) is 0 Å². The highest BCUT2D eigenvalue weighted by Crippen LogP contribution is 2.25. The van der Waals surface area contributed by atoms with E-state index in [1.165, 1.54) is 5.56 Å². The van der Waals surface area contributed by atoms with Crippen LogP contribution in [0.15, 0.2) is 46.9 Å². The minimum atomic E-state index is 0.214. The van der Waals surface area contributed by atoms with Crippen LogP contribution < -0.4 is 4.74 Å². The van der Waals surface area contributed by atoms with Gasteiger partial charge in [-0.25, -0.2) is 0 Å². The Morgan fingerprint density at radius 2 is 1.65 bits per heavy atom. The summed E-state index contributed by atoms with van der Waals surface area (Å²) in [5.74, 6) is 0.991. The number of aryl methyl sites for hydroxylation is 1. The van der Waals surface area contributed by atoms with Gasteiger partial charge in [-0.3, -0.25) is 4.79 Å². The minimum Gasteiger partial charge on any atom is -0.496 e. The molecule has 0 heterocycles. The first-order valence-corrected chi connectivity index (χ1v) is 7.27. The summed E-state index contributed by atoms with van der Waals surface area (Å²) in [6.45, 7) is 2.04. The monoisotopic (exact) mass is 332 g/mol. The largest absolute Gasteiger partial charge is 0.496 e. The third-order valence-corrected chi connectivity index (χ3v) is 3.76. The lowest BCUT2D eigenvalue weighted by atomic mass is 10.0. The molecule has 2 rings (SSSR count). The lowest BCUT2D eigenvalue weighted by Gasteiger charge is -2.06. The first-order chi connectivity index (χ1) is 9.58. The Morgan fingerprint density at radius 1 is 1.05 bits per heavy atom. The van der Waals surface area contributed by atoms with E-state index in [-0.39, 0.29) is 5.78 Å². The lowest BCUT2D eigenvalue weighted by Crippen LogP contribution is -2.06. The van der Waals surface area contributed by atoms with Crippen LogP contribution in [0, 0.1) is 6.92 Å². The molecular formula is C17H17BrO2. The SMILES string of the molecule is COc1ccc(CC(=O)Cc2ccc(C)cc2)cc1Br. The van der Waals surface area contributed by atoms with Crippen molar-refractivity contribution >= 4 is 21.7 Å². The second kappa shape index (κ2) is 6.71. The first-order valence-electron chi connectivity index (χ1n) is 6.48. The molecule has 2 aromatic rings. The van der Waals surface area contributed by atoms with E-state index in [2.05, 4.69) is 15.9 Å². The van der Waals surface area contributed by atoms with E-state index < -0.39 is 0 Å². The molecule has 0 fully saturated rings. The van der Waals surface area contributed by atoms with Crippen LogP contribution in [0.5, 0.6) is 5.75 Å². The second-order valence-electron chi connectivity index (χ2n) is 4.85. The molecular weight excluding hydrogens is 316 g/mol. The van der Waals surface area contributed by atoms with E-state index in [0.29, 0.717) is 12.8 Å². The van der Waals surface area contributed by atoms with Crippen LogP contribution in [0.2, 0.25) is 0 Å².